The molecule has 0 radical (unpaired) electrons. The van der Waals surface area contributed by atoms with Gasteiger partial charge in [0.05, 0.1) is 11.1 Å². The number of hydrogen-bond acceptors (Lipinski definition) is 6. The van der Waals surface area contributed by atoms with Crippen molar-refractivity contribution in [2.24, 2.45) is 22.9 Å². The summed E-state index contributed by atoms with van der Waals surface area (Å²) in [7, 11) is 0. The summed E-state index contributed by atoms with van der Waals surface area (Å²) in [5.41, 5.74) is 23.5. The summed E-state index contributed by atoms with van der Waals surface area (Å²) < 4.78 is 11.2. The monoisotopic (exact) mass is 382 g/mol. The molecule has 0 aliphatic heterocycles. The Balaban J connectivity index is 2.07. The topological polar surface area (TPSA) is 218 Å². The lowest BCUT2D eigenvalue weighted by molar-refractivity contribution is 0.216. The van der Waals surface area contributed by atoms with Crippen LogP contribution in [-0.4, -0.2) is 36.6 Å². The van der Waals surface area contributed by atoms with Crippen molar-refractivity contribution < 1.29 is 9.47 Å². The zero-order chi connectivity index (χ0) is 20.8. The molecule has 0 saturated heterocycles. The molecule has 10 nitrogen and oxygen atoms in total. The number of nitrogen functional groups attached to an aromatic ring is 4. The first-order valence-corrected chi connectivity index (χ1v) is 8.12. The van der Waals surface area contributed by atoms with Gasteiger partial charge in [0.25, 0.3) is 0 Å². The van der Waals surface area contributed by atoms with Gasteiger partial charge in [0, 0.05) is 11.1 Å². The standard InChI is InChI=1S/C18H22N8O2/c19-15(20)9-1-3-13(11(7-9)17(23)24)27-5-6-28-14-4-2-10(16(21)22)8-12(14)18(25)26/h1-4,7-8H,5-6H2,(H3,19,20)(H3,21,22)(H3,23,24)(H3,25,26). The number of rotatable bonds is 9. The highest BCUT2D eigenvalue weighted by Gasteiger charge is 2.12. The number of amidine groups is 4. The van der Waals surface area contributed by atoms with E-state index in [-0.39, 0.29) is 36.6 Å². The van der Waals surface area contributed by atoms with Crippen molar-refractivity contribution in [1.82, 2.24) is 0 Å². The Kier molecular flexibility index (Phi) is 6.17. The van der Waals surface area contributed by atoms with E-state index in [2.05, 4.69) is 0 Å². The molecule has 28 heavy (non-hydrogen) atoms. The Morgan fingerprint density at radius 3 is 1.25 bits per heavy atom. The second kappa shape index (κ2) is 8.54. The smallest absolute Gasteiger partial charge is 0.130 e. The normalized spacial score (nSPS) is 10.1. The minimum absolute atomic E-state index is 0.130. The Labute approximate surface area is 161 Å². The van der Waals surface area contributed by atoms with E-state index < -0.39 is 0 Å². The molecule has 0 spiro atoms. The van der Waals surface area contributed by atoms with Crippen LogP contribution in [0.5, 0.6) is 11.5 Å². The predicted molar refractivity (Wildman–Crippen MR) is 108 cm³/mol. The van der Waals surface area contributed by atoms with Crippen LogP contribution in [0.2, 0.25) is 0 Å². The first-order valence-electron chi connectivity index (χ1n) is 8.12. The average molecular weight is 382 g/mol. The molecule has 2 aromatic rings. The van der Waals surface area contributed by atoms with E-state index in [0.717, 1.165) is 0 Å². The molecule has 10 heteroatoms. The molecule has 0 bridgehead atoms. The van der Waals surface area contributed by atoms with Crippen LogP contribution in [0, 0.1) is 21.6 Å². The van der Waals surface area contributed by atoms with Crippen molar-refractivity contribution in [3.05, 3.63) is 58.7 Å². The van der Waals surface area contributed by atoms with Crippen molar-refractivity contribution >= 4 is 23.3 Å². The van der Waals surface area contributed by atoms with E-state index in [1.807, 2.05) is 0 Å². The van der Waals surface area contributed by atoms with Crippen LogP contribution < -0.4 is 32.4 Å². The molecule has 0 aromatic heterocycles. The molecule has 0 atom stereocenters. The summed E-state index contributed by atoms with van der Waals surface area (Å²) in [5, 5.41) is 30.2. The van der Waals surface area contributed by atoms with Crippen molar-refractivity contribution in [2.45, 2.75) is 0 Å². The molecule has 0 heterocycles. The molecule has 12 N–H and O–H groups in total. The van der Waals surface area contributed by atoms with Crippen LogP contribution in [0.3, 0.4) is 0 Å². The van der Waals surface area contributed by atoms with Gasteiger partial charge in [-0.25, -0.2) is 0 Å². The highest BCUT2D eigenvalue weighted by Crippen LogP contribution is 2.21. The molecular weight excluding hydrogens is 360 g/mol. The highest BCUT2D eigenvalue weighted by molar-refractivity contribution is 6.03. The molecule has 0 fully saturated rings. The zero-order valence-corrected chi connectivity index (χ0v) is 15.0. The fraction of sp³-hybridized carbons (Fsp3) is 0.111. The van der Waals surface area contributed by atoms with Gasteiger partial charge >= 0.3 is 0 Å². The van der Waals surface area contributed by atoms with Gasteiger partial charge in [-0.05, 0) is 36.4 Å². The van der Waals surface area contributed by atoms with Crippen molar-refractivity contribution in [1.29, 1.82) is 21.6 Å². The van der Waals surface area contributed by atoms with E-state index in [1.54, 1.807) is 24.3 Å². The Morgan fingerprint density at radius 2 is 0.964 bits per heavy atom. The van der Waals surface area contributed by atoms with Gasteiger partial charge in [-0.15, -0.1) is 0 Å². The summed E-state index contributed by atoms with van der Waals surface area (Å²) in [6.45, 7) is 0.261. The Bertz CT molecular complexity index is 877. The largest absolute Gasteiger partial charge is 0.489 e. The Hall–Kier alpha value is -4.08. The van der Waals surface area contributed by atoms with Crippen molar-refractivity contribution in [3.63, 3.8) is 0 Å². The van der Waals surface area contributed by atoms with Gasteiger partial charge in [0.2, 0.25) is 0 Å². The van der Waals surface area contributed by atoms with E-state index >= 15 is 0 Å². The maximum atomic E-state index is 7.65. The summed E-state index contributed by atoms with van der Waals surface area (Å²) >= 11 is 0. The average Bonchev–Trinajstić information content (AvgIpc) is 2.64. The second-order valence-electron chi connectivity index (χ2n) is 5.77. The van der Waals surface area contributed by atoms with Crippen molar-refractivity contribution in [2.75, 3.05) is 13.2 Å². The quantitative estimate of drug-likeness (QED) is 0.173. The first kappa shape index (κ1) is 20.2. The lowest BCUT2D eigenvalue weighted by atomic mass is 10.1. The zero-order valence-electron chi connectivity index (χ0n) is 15.0. The van der Waals surface area contributed by atoms with Gasteiger partial charge in [0.1, 0.15) is 48.1 Å². The molecule has 0 saturated carbocycles. The molecule has 0 unspecified atom stereocenters. The van der Waals surface area contributed by atoms with Crippen LogP contribution in [0.4, 0.5) is 0 Å². The van der Waals surface area contributed by atoms with Gasteiger partial charge in [0.15, 0.2) is 0 Å². The van der Waals surface area contributed by atoms with Gasteiger partial charge in [-0.2, -0.15) is 0 Å². The van der Waals surface area contributed by atoms with Crippen LogP contribution >= 0.6 is 0 Å². The van der Waals surface area contributed by atoms with E-state index in [1.165, 1.54) is 12.1 Å². The minimum atomic E-state index is -0.210. The van der Waals surface area contributed by atoms with Crippen LogP contribution in [0.15, 0.2) is 36.4 Å². The predicted octanol–water partition coefficient (Wildman–Crippen LogP) is 0.281. The number of benzene rings is 2. The first-order chi connectivity index (χ1) is 13.2. The second-order valence-corrected chi connectivity index (χ2v) is 5.77. The molecule has 2 rings (SSSR count). The summed E-state index contributed by atoms with van der Waals surface area (Å²) in [6.07, 6.45) is 0. The minimum Gasteiger partial charge on any atom is -0.489 e. The van der Waals surface area contributed by atoms with Crippen LogP contribution in [-0.2, 0) is 0 Å². The highest BCUT2D eigenvalue weighted by atomic mass is 16.5. The number of hydrogen-bond donors (Lipinski definition) is 8. The Morgan fingerprint density at radius 1 is 0.607 bits per heavy atom. The van der Waals surface area contributed by atoms with E-state index in [0.29, 0.717) is 33.8 Å². The third kappa shape index (κ3) is 4.75. The van der Waals surface area contributed by atoms with Crippen LogP contribution in [0.25, 0.3) is 0 Å². The fourth-order valence-electron chi connectivity index (χ4n) is 2.37. The molecule has 146 valence electrons. The lowest BCUT2D eigenvalue weighted by Gasteiger charge is -2.14. The fourth-order valence-corrected chi connectivity index (χ4v) is 2.37. The lowest BCUT2D eigenvalue weighted by Crippen LogP contribution is -2.19. The maximum absolute atomic E-state index is 7.65. The van der Waals surface area contributed by atoms with Gasteiger partial charge in [-0.3, -0.25) is 21.6 Å². The van der Waals surface area contributed by atoms with Crippen molar-refractivity contribution in [3.8, 4) is 11.5 Å². The number of nitrogens with one attached hydrogen (secondary N) is 4. The van der Waals surface area contributed by atoms with E-state index in [4.69, 9.17) is 54.0 Å². The van der Waals surface area contributed by atoms with E-state index in [9.17, 15) is 0 Å². The van der Waals surface area contributed by atoms with Gasteiger partial charge in [-0.1, -0.05) is 0 Å². The molecule has 2 aromatic carbocycles. The molecule has 0 aliphatic rings. The summed E-state index contributed by atoms with van der Waals surface area (Å²) in [4.78, 5) is 0. The third-order valence-corrected chi connectivity index (χ3v) is 3.76. The molecule has 0 amide bonds. The number of ether oxygens (including phenoxy) is 2. The SMILES string of the molecule is N=C(N)c1ccc(OCCOc2ccc(C(=N)N)cc2C(=N)N)c(C(=N)N)c1. The molecular formula is C18H22N8O2. The van der Waals surface area contributed by atoms with Crippen LogP contribution in [0.1, 0.15) is 22.3 Å². The summed E-state index contributed by atoms with van der Waals surface area (Å²) in [5.74, 6) is 0.0290. The maximum Gasteiger partial charge on any atom is 0.130 e. The van der Waals surface area contributed by atoms with Gasteiger partial charge < -0.3 is 32.4 Å². The summed E-state index contributed by atoms with van der Waals surface area (Å²) in [6, 6.07) is 9.37. The third-order valence-electron chi connectivity index (χ3n) is 3.76. The number of nitrogens with two attached hydrogens (primary N) is 4. The molecule has 0 aliphatic carbocycles.